The molecule has 8 heteroatoms. The molecular weight excluding hydrogens is 311 g/mol. The van der Waals surface area contributed by atoms with E-state index in [2.05, 4.69) is 4.72 Å². The van der Waals surface area contributed by atoms with E-state index in [-0.39, 0.29) is 22.9 Å². The molecule has 0 saturated heterocycles. The molecule has 116 valence electrons. The molecule has 6 nitrogen and oxygen atoms in total. The zero-order valence-electron chi connectivity index (χ0n) is 11.4. The van der Waals surface area contributed by atoms with Crippen LogP contribution >= 0.6 is 0 Å². The van der Waals surface area contributed by atoms with Crippen molar-refractivity contribution >= 4 is 15.7 Å². The molecule has 2 aromatic rings. The van der Waals surface area contributed by atoms with Crippen LogP contribution in [0.2, 0.25) is 0 Å². The van der Waals surface area contributed by atoms with Crippen LogP contribution in [0.4, 0.5) is 10.1 Å². The number of halogens is 1. The van der Waals surface area contributed by atoms with Crippen LogP contribution in [0.15, 0.2) is 53.4 Å². The quantitative estimate of drug-likeness (QED) is 0.652. The summed E-state index contributed by atoms with van der Waals surface area (Å²) in [5, 5.41) is 10.7. The van der Waals surface area contributed by atoms with Gasteiger partial charge in [0.2, 0.25) is 10.0 Å². The predicted molar refractivity (Wildman–Crippen MR) is 78.4 cm³/mol. The van der Waals surface area contributed by atoms with Gasteiger partial charge >= 0.3 is 0 Å². The lowest BCUT2D eigenvalue weighted by Crippen LogP contribution is -2.26. The van der Waals surface area contributed by atoms with E-state index in [1.54, 1.807) is 12.1 Å². The van der Waals surface area contributed by atoms with Crippen molar-refractivity contribution < 1.29 is 17.7 Å². The highest BCUT2D eigenvalue weighted by Crippen LogP contribution is 2.17. The van der Waals surface area contributed by atoms with Gasteiger partial charge in [-0.3, -0.25) is 10.1 Å². The Morgan fingerprint density at radius 1 is 1.14 bits per heavy atom. The molecule has 0 amide bonds. The number of benzene rings is 2. The average molecular weight is 324 g/mol. The van der Waals surface area contributed by atoms with Crippen molar-refractivity contribution in [1.82, 2.24) is 4.72 Å². The van der Waals surface area contributed by atoms with Gasteiger partial charge in [0.15, 0.2) is 0 Å². The van der Waals surface area contributed by atoms with Crippen LogP contribution in [0.1, 0.15) is 5.56 Å². The molecule has 0 atom stereocenters. The fourth-order valence-electron chi connectivity index (χ4n) is 1.83. The molecule has 0 aliphatic carbocycles. The minimum atomic E-state index is -3.82. The van der Waals surface area contributed by atoms with Crippen LogP contribution in [-0.4, -0.2) is 19.9 Å². The molecule has 0 aromatic heterocycles. The summed E-state index contributed by atoms with van der Waals surface area (Å²) in [4.78, 5) is 9.85. The van der Waals surface area contributed by atoms with E-state index in [9.17, 15) is 22.9 Å². The minimum absolute atomic E-state index is 0.108. The van der Waals surface area contributed by atoms with E-state index < -0.39 is 14.9 Å². The van der Waals surface area contributed by atoms with Gasteiger partial charge in [0.1, 0.15) is 5.82 Å². The van der Waals surface area contributed by atoms with Crippen LogP contribution < -0.4 is 4.72 Å². The molecule has 0 unspecified atom stereocenters. The lowest BCUT2D eigenvalue weighted by molar-refractivity contribution is -0.385. The van der Waals surface area contributed by atoms with Gasteiger partial charge in [-0.2, -0.15) is 0 Å². The fraction of sp³-hybridized carbons (Fsp3) is 0.143. The van der Waals surface area contributed by atoms with Crippen LogP contribution in [0, 0.1) is 15.9 Å². The third-order valence-corrected chi connectivity index (χ3v) is 4.42. The Bertz CT molecular complexity index is 776. The van der Waals surface area contributed by atoms with E-state index in [0.29, 0.717) is 6.42 Å². The number of rotatable bonds is 6. The summed E-state index contributed by atoms with van der Waals surface area (Å²) in [6.45, 7) is 0.108. The standard InChI is InChI=1S/C14H13FN2O4S/c15-12-6-4-11(5-7-12)8-9-16-22(20,21)14-3-1-2-13(10-14)17(18)19/h1-7,10,16H,8-9H2. The van der Waals surface area contributed by atoms with Crippen molar-refractivity contribution in [3.05, 3.63) is 70.0 Å². The van der Waals surface area contributed by atoms with Crippen LogP contribution in [0.5, 0.6) is 0 Å². The predicted octanol–water partition coefficient (Wildman–Crippen LogP) is 2.25. The van der Waals surface area contributed by atoms with Gasteiger partial charge in [0, 0.05) is 18.7 Å². The molecule has 0 aliphatic heterocycles. The van der Waals surface area contributed by atoms with Gasteiger partial charge in [-0.05, 0) is 30.2 Å². The zero-order valence-corrected chi connectivity index (χ0v) is 12.2. The summed E-state index contributed by atoms with van der Waals surface area (Å²) in [6, 6.07) is 10.5. The highest BCUT2D eigenvalue weighted by Gasteiger charge is 2.16. The van der Waals surface area contributed by atoms with Gasteiger partial charge in [-0.1, -0.05) is 18.2 Å². The third-order valence-electron chi connectivity index (χ3n) is 2.96. The Hall–Kier alpha value is -2.32. The molecule has 2 rings (SSSR count). The Morgan fingerprint density at radius 3 is 2.45 bits per heavy atom. The smallest absolute Gasteiger partial charge is 0.258 e. The summed E-state index contributed by atoms with van der Waals surface area (Å²) in [6.07, 6.45) is 0.383. The van der Waals surface area contributed by atoms with Crippen molar-refractivity contribution in [3.8, 4) is 0 Å². The SMILES string of the molecule is O=[N+]([O-])c1cccc(S(=O)(=O)NCCc2ccc(F)cc2)c1. The van der Waals surface area contributed by atoms with Gasteiger partial charge < -0.3 is 0 Å². The lowest BCUT2D eigenvalue weighted by Gasteiger charge is -2.07. The topological polar surface area (TPSA) is 89.3 Å². The monoisotopic (exact) mass is 324 g/mol. The Labute approximate surface area is 126 Å². The molecule has 0 aliphatic rings. The highest BCUT2D eigenvalue weighted by atomic mass is 32.2. The maximum Gasteiger partial charge on any atom is 0.270 e. The van der Waals surface area contributed by atoms with Crippen molar-refractivity contribution in [1.29, 1.82) is 0 Å². The third kappa shape index (κ3) is 4.09. The maximum atomic E-state index is 12.8. The number of hydrogen-bond acceptors (Lipinski definition) is 4. The molecule has 0 saturated carbocycles. The number of nitro benzene ring substituents is 1. The first kappa shape index (κ1) is 16.1. The van der Waals surface area contributed by atoms with Crippen LogP contribution in [0.25, 0.3) is 0 Å². The van der Waals surface area contributed by atoms with E-state index in [0.717, 1.165) is 11.6 Å². The number of nitro groups is 1. The summed E-state index contributed by atoms with van der Waals surface area (Å²) < 4.78 is 39.2. The zero-order chi connectivity index (χ0) is 16.2. The van der Waals surface area contributed by atoms with Crippen molar-refractivity contribution in [2.24, 2.45) is 0 Å². The van der Waals surface area contributed by atoms with Crippen LogP contribution in [-0.2, 0) is 16.4 Å². The molecule has 0 radical (unpaired) electrons. The number of nitrogens with zero attached hydrogens (tertiary/aromatic N) is 1. The molecule has 22 heavy (non-hydrogen) atoms. The molecule has 1 N–H and O–H groups in total. The first-order valence-electron chi connectivity index (χ1n) is 6.37. The van der Waals surface area contributed by atoms with Gasteiger partial charge in [0.25, 0.3) is 5.69 Å². The fourth-order valence-corrected chi connectivity index (χ4v) is 2.90. The molecule has 0 fully saturated rings. The second-order valence-electron chi connectivity index (χ2n) is 4.53. The number of non-ortho nitro benzene ring substituents is 1. The Balaban J connectivity index is 2.03. The van der Waals surface area contributed by atoms with Crippen molar-refractivity contribution in [3.63, 3.8) is 0 Å². The van der Waals surface area contributed by atoms with E-state index in [1.165, 1.54) is 30.3 Å². The summed E-state index contributed by atoms with van der Waals surface area (Å²) >= 11 is 0. The summed E-state index contributed by atoms with van der Waals surface area (Å²) in [5.74, 6) is -0.360. The number of sulfonamides is 1. The average Bonchev–Trinajstić information content (AvgIpc) is 2.49. The minimum Gasteiger partial charge on any atom is -0.258 e. The Morgan fingerprint density at radius 2 is 1.82 bits per heavy atom. The summed E-state index contributed by atoms with van der Waals surface area (Å²) in [5.41, 5.74) is 0.490. The van der Waals surface area contributed by atoms with Gasteiger partial charge in [0.05, 0.1) is 9.82 Å². The van der Waals surface area contributed by atoms with Crippen molar-refractivity contribution in [2.45, 2.75) is 11.3 Å². The molecule has 2 aromatic carbocycles. The normalized spacial score (nSPS) is 11.3. The first-order valence-corrected chi connectivity index (χ1v) is 7.85. The lowest BCUT2D eigenvalue weighted by atomic mass is 10.1. The maximum absolute atomic E-state index is 12.8. The van der Waals surface area contributed by atoms with E-state index in [4.69, 9.17) is 0 Å². The summed E-state index contributed by atoms with van der Waals surface area (Å²) in [7, 11) is -3.82. The highest BCUT2D eigenvalue weighted by molar-refractivity contribution is 7.89. The van der Waals surface area contributed by atoms with Crippen molar-refractivity contribution in [2.75, 3.05) is 6.54 Å². The number of nitrogens with one attached hydrogen (secondary N) is 1. The van der Waals surface area contributed by atoms with Crippen LogP contribution in [0.3, 0.4) is 0 Å². The van der Waals surface area contributed by atoms with E-state index in [1.807, 2.05) is 0 Å². The molecule has 0 heterocycles. The van der Waals surface area contributed by atoms with Gasteiger partial charge in [-0.15, -0.1) is 0 Å². The molecule has 0 bridgehead atoms. The number of hydrogen-bond donors (Lipinski definition) is 1. The second-order valence-corrected chi connectivity index (χ2v) is 6.30. The Kier molecular flexibility index (Phi) is 4.84. The first-order chi connectivity index (χ1) is 10.4. The largest absolute Gasteiger partial charge is 0.270 e. The van der Waals surface area contributed by atoms with E-state index >= 15 is 0 Å². The molecule has 0 spiro atoms. The second kappa shape index (κ2) is 6.63. The molecular formula is C14H13FN2O4S. The van der Waals surface area contributed by atoms with Gasteiger partial charge in [-0.25, -0.2) is 17.5 Å².